The number of benzene rings is 1. The van der Waals surface area contributed by atoms with E-state index in [9.17, 15) is 4.79 Å². The van der Waals surface area contributed by atoms with Crippen molar-refractivity contribution in [2.75, 3.05) is 12.4 Å². The Morgan fingerprint density at radius 3 is 2.64 bits per heavy atom. The molecule has 0 aliphatic carbocycles. The van der Waals surface area contributed by atoms with Crippen molar-refractivity contribution < 1.29 is 4.79 Å². The first-order chi connectivity index (χ1) is 12.0. The number of nitrogens with one attached hydrogen (secondary N) is 1. The maximum atomic E-state index is 12.3. The van der Waals surface area contributed by atoms with Gasteiger partial charge in [0.25, 0.3) is 5.91 Å². The third-order valence-corrected chi connectivity index (χ3v) is 4.25. The van der Waals surface area contributed by atoms with Gasteiger partial charge >= 0.3 is 0 Å². The summed E-state index contributed by atoms with van der Waals surface area (Å²) in [7, 11) is 1.81. The highest BCUT2D eigenvalue weighted by Crippen LogP contribution is 2.14. The average molecular weight is 338 g/mol. The molecule has 1 aromatic carbocycles. The predicted molar refractivity (Wildman–Crippen MR) is 96.5 cm³/mol. The zero-order valence-corrected chi connectivity index (χ0v) is 14.9. The molecule has 130 valence electrons. The summed E-state index contributed by atoms with van der Waals surface area (Å²) in [4.78, 5) is 18.4. The van der Waals surface area contributed by atoms with Gasteiger partial charge in [0, 0.05) is 37.6 Å². The highest BCUT2D eigenvalue weighted by Gasteiger charge is 2.14. The van der Waals surface area contributed by atoms with E-state index in [1.807, 2.05) is 62.7 Å². The van der Waals surface area contributed by atoms with E-state index in [1.54, 1.807) is 11.1 Å². The third kappa shape index (κ3) is 3.45. The Balaban J connectivity index is 1.70. The number of amides is 1. The van der Waals surface area contributed by atoms with E-state index in [4.69, 9.17) is 0 Å². The van der Waals surface area contributed by atoms with Gasteiger partial charge in [0.2, 0.25) is 5.65 Å². The summed E-state index contributed by atoms with van der Waals surface area (Å²) in [5.74, 6) is 1.53. The van der Waals surface area contributed by atoms with Gasteiger partial charge in [0.1, 0.15) is 5.82 Å². The molecule has 0 bridgehead atoms. The summed E-state index contributed by atoms with van der Waals surface area (Å²) in [6.45, 7) is 6.48. The van der Waals surface area contributed by atoms with Crippen LogP contribution < -0.4 is 5.32 Å². The van der Waals surface area contributed by atoms with Crippen molar-refractivity contribution in [3.63, 3.8) is 0 Å². The molecule has 25 heavy (non-hydrogen) atoms. The van der Waals surface area contributed by atoms with Gasteiger partial charge in [-0.25, -0.2) is 4.98 Å². The Kier molecular flexibility index (Phi) is 4.65. The number of nitrogens with zero attached hydrogens (tertiary/aromatic N) is 5. The van der Waals surface area contributed by atoms with Crippen LogP contribution in [0.15, 0.2) is 36.7 Å². The van der Waals surface area contributed by atoms with Crippen molar-refractivity contribution >= 4 is 17.4 Å². The van der Waals surface area contributed by atoms with Crippen molar-refractivity contribution in [2.24, 2.45) is 0 Å². The van der Waals surface area contributed by atoms with E-state index in [0.29, 0.717) is 23.6 Å². The van der Waals surface area contributed by atoms with Crippen LogP contribution in [0.1, 0.15) is 35.6 Å². The maximum Gasteiger partial charge on any atom is 0.253 e. The molecular formula is C18H22N6O. The van der Waals surface area contributed by atoms with Crippen LogP contribution in [0.5, 0.6) is 0 Å². The number of rotatable bonds is 5. The van der Waals surface area contributed by atoms with Crippen molar-refractivity contribution in [3.05, 3.63) is 53.6 Å². The van der Waals surface area contributed by atoms with Gasteiger partial charge in [0.15, 0.2) is 5.82 Å². The number of anilines is 1. The molecule has 0 aliphatic rings. The molecule has 3 aromatic rings. The summed E-state index contributed by atoms with van der Waals surface area (Å²) in [5.41, 5.74) is 2.45. The van der Waals surface area contributed by atoms with E-state index >= 15 is 0 Å². The fourth-order valence-electron chi connectivity index (χ4n) is 2.46. The van der Waals surface area contributed by atoms with Crippen LogP contribution in [0.4, 0.5) is 5.82 Å². The molecular weight excluding hydrogens is 316 g/mol. The van der Waals surface area contributed by atoms with Gasteiger partial charge in [-0.2, -0.15) is 0 Å². The normalized spacial score (nSPS) is 11.1. The molecule has 0 fully saturated rings. The number of carbonyl (C=O) groups excluding carboxylic acids is 1. The molecule has 0 unspecified atom stereocenters. The van der Waals surface area contributed by atoms with Crippen LogP contribution in [0.3, 0.4) is 0 Å². The van der Waals surface area contributed by atoms with Gasteiger partial charge in [-0.05, 0) is 38.5 Å². The first kappa shape index (κ1) is 16.9. The molecule has 2 heterocycles. The standard InChI is InChI=1S/C18H22N6O/c1-12(2)23(4)18(25)15-7-5-14(6-8-15)11-20-16-17-22-21-13(3)24(17)10-9-19-16/h5-10,12H,11H2,1-4H3,(H,19,20). The molecule has 0 radical (unpaired) electrons. The van der Waals surface area contributed by atoms with Crippen LogP contribution in [0.2, 0.25) is 0 Å². The molecule has 3 rings (SSSR count). The second-order valence-corrected chi connectivity index (χ2v) is 6.28. The van der Waals surface area contributed by atoms with Crippen LogP contribution in [-0.4, -0.2) is 43.5 Å². The largest absolute Gasteiger partial charge is 0.363 e. The highest BCUT2D eigenvalue weighted by atomic mass is 16.2. The molecule has 7 heteroatoms. The van der Waals surface area contributed by atoms with Crippen molar-refractivity contribution in [3.8, 4) is 0 Å². The lowest BCUT2D eigenvalue weighted by molar-refractivity contribution is 0.0755. The first-order valence-electron chi connectivity index (χ1n) is 8.23. The average Bonchev–Trinajstić information content (AvgIpc) is 3.01. The van der Waals surface area contributed by atoms with Crippen molar-refractivity contribution in [1.29, 1.82) is 0 Å². The lowest BCUT2D eigenvalue weighted by atomic mass is 10.1. The van der Waals surface area contributed by atoms with Gasteiger partial charge in [-0.1, -0.05) is 12.1 Å². The summed E-state index contributed by atoms with van der Waals surface area (Å²) < 4.78 is 1.89. The number of fused-ring (bicyclic) bond motifs is 1. The van der Waals surface area contributed by atoms with Crippen LogP contribution in [0.25, 0.3) is 5.65 Å². The molecule has 0 saturated carbocycles. The van der Waals surface area contributed by atoms with Crippen molar-refractivity contribution in [2.45, 2.75) is 33.4 Å². The lowest BCUT2D eigenvalue weighted by Crippen LogP contribution is -2.32. The Morgan fingerprint density at radius 2 is 1.96 bits per heavy atom. The smallest absolute Gasteiger partial charge is 0.253 e. The Morgan fingerprint density at radius 1 is 1.24 bits per heavy atom. The minimum absolute atomic E-state index is 0.0277. The van der Waals surface area contributed by atoms with E-state index in [2.05, 4.69) is 20.5 Å². The number of aromatic nitrogens is 4. The van der Waals surface area contributed by atoms with E-state index in [0.717, 1.165) is 11.4 Å². The summed E-state index contributed by atoms with van der Waals surface area (Å²) in [5, 5.41) is 11.5. The van der Waals surface area contributed by atoms with Crippen LogP contribution in [0, 0.1) is 6.92 Å². The molecule has 2 aromatic heterocycles. The first-order valence-corrected chi connectivity index (χ1v) is 8.23. The number of hydrogen-bond acceptors (Lipinski definition) is 5. The van der Waals surface area contributed by atoms with Gasteiger partial charge in [0.05, 0.1) is 0 Å². The van der Waals surface area contributed by atoms with E-state index in [1.165, 1.54) is 0 Å². The molecule has 0 aliphatic heterocycles. The van der Waals surface area contributed by atoms with E-state index in [-0.39, 0.29) is 11.9 Å². The fourth-order valence-corrected chi connectivity index (χ4v) is 2.46. The topological polar surface area (TPSA) is 75.4 Å². The summed E-state index contributed by atoms with van der Waals surface area (Å²) >= 11 is 0. The van der Waals surface area contributed by atoms with Gasteiger partial charge in [-0.15, -0.1) is 10.2 Å². The quantitative estimate of drug-likeness (QED) is 0.774. The predicted octanol–water partition coefficient (Wildman–Crippen LogP) is 2.53. The number of hydrogen-bond donors (Lipinski definition) is 1. The van der Waals surface area contributed by atoms with Gasteiger partial charge < -0.3 is 10.2 Å². The fraction of sp³-hybridized carbons (Fsp3) is 0.333. The maximum absolute atomic E-state index is 12.3. The Bertz CT molecular complexity index is 884. The summed E-state index contributed by atoms with van der Waals surface area (Å²) in [6.07, 6.45) is 3.55. The summed E-state index contributed by atoms with van der Waals surface area (Å²) in [6, 6.07) is 7.78. The minimum Gasteiger partial charge on any atom is -0.363 e. The minimum atomic E-state index is 0.0277. The number of carbonyl (C=O) groups is 1. The monoisotopic (exact) mass is 338 g/mol. The van der Waals surface area contributed by atoms with Gasteiger partial charge in [-0.3, -0.25) is 9.20 Å². The molecule has 0 spiro atoms. The number of aryl methyl sites for hydroxylation is 1. The molecule has 1 amide bonds. The Hall–Kier alpha value is -2.96. The molecule has 0 atom stereocenters. The highest BCUT2D eigenvalue weighted by molar-refractivity contribution is 5.94. The SMILES string of the molecule is Cc1nnc2c(NCc3ccc(C(=O)N(C)C(C)C)cc3)nccn12. The Labute approximate surface area is 146 Å². The zero-order chi connectivity index (χ0) is 18.0. The second-order valence-electron chi connectivity index (χ2n) is 6.28. The zero-order valence-electron chi connectivity index (χ0n) is 14.9. The van der Waals surface area contributed by atoms with E-state index < -0.39 is 0 Å². The molecule has 0 saturated heterocycles. The van der Waals surface area contributed by atoms with Crippen LogP contribution >= 0.6 is 0 Å². The third-order valence-electron chi connectivity index (χ3n) is 4.25. The lowest BCUT2D eigenvalue weighted by Gasteiger charge is -2.21. The van der Waals surface area contributed by atoms with Crippen LogP contribution in [-0.2, 0) is 6.54 Å². The molecule has 7 nitrogen and oxygen atoms in total. The molecule has 1 N–H and O–H groups in total. The van der Waals surface area contributed by atoms with Crippen molar-refractivity contribution in [1.82, 2.24) is 24.5 Å². The second kappa shape index (κ2) is 6.88.